The number of carboxylic acids is 1. The summed E-state index contributed by atoms with van der Waals surface area (Å²) in [6.45, 7) is 3.71. The lowest BCUT2D eigenvalue weighted by molar-refractivity contribution is -0.143. The Hall–Kier alpha value is -3.27. The van der Waals surface area contributed by atoms with Crippen molar-refractivity contribution in [2.75, 3.05) is 25.1 Å². The number of aliphatic imine (C=N–C) groups is 2. The molecule has 3 amide bonds. The Labute approximate surface area is 227 Å². The van der Waals surface area contributed by atoms with Gasteiger partial charge >= 0.3 is 5.97 Å². The third kappa shape index (κ3) is 15.1. The van der Waals surface area contributed by atoms with Gasteiger partial charge in [-0.15, -0.1) is 0 Å². The summed E-state index contributed by atoms with van der Waals surface area (Å²) < 4.78 is 0. The minimum Gasteiger partial charge on any atom is -0.480 e. The van der Waals surface area contributed by atoms with Crippen LogP contribution >= 0.6 is 11.8 Å². The molecule has 0 aliphatic carbocycles. The second-order valence-corrected chi connectivity index (χ2v) is 9.96. The van der Waals surface area contributed by atoms with E-state index in [9.17, 15) is 24.3 Å². The fourth-order valence-electron chi connectivity index (χ4n) is 3.24. The number of carbonyl (C=O) groups is 4. The zero-order valence-corrected chi connectivity index (χ0v) is 23.1. The number of rotatable bonds is 19. The standard InChI is InChI=1S/C22H44N10O5S/c1-12(2)16(20(36)37)32-19(35)15(7-5-10-29-22(26)27)31-18(34)14(6-4-9-28-21(24)25)30-17(33)13(23)8-11-38-3/h12-16H,4-11,23H2,1-3H3,(H,30,33)(H,31,34)(H,32,35)(H,36,37)(H4,24,25,28)(H4,26,27,29). The first-order chi connectivity index (χ1) is 17.8. The molecule has 0 aromatic heterocycles. The summed E-state index contributed by atoms with van der Waals surface area (Å²) in [7, 11) is 0. The molecule has 38 heavy (non-hydrogen) atoms. The van der Waals surface area contributed by atoms with E-state index in [0.29, 0.717) is 25.0 Å². The van der Waals surface area contributed by atoms with Crippen molar-refractivity contribution in [2.45, 2.75) is 70.1 Å². The summed E-state index contributed by atoms with van der Waals surface area (Å²) in [5, 5.41) is 17.2. The highest BCUT2D eigenvalue weighted by atomic mass is 32.2. The van der Waals surface area contributed by atoms with Gasteiger partial charge in [-0.05, 0) is 50.0 Å². The van der Waals surface area contributed by atoms with Gasteiger partial charge in [-0.3, -0.25) is 24.4 Å². The zero-order valence-electron chi connectivity index (χ0n) is 22.3. The van der Waals surface area contributed by atoms with Crippen LogP contribution in [0.1, 0.15) is 46.0 Å². The predicted octanol–water partition coefficient (Wildman–Crippen LogP) is -2.63. The number of aliphatic carboxylic acids is 1. The van der Waals surface area contributed by atoms with Crippen molar-refractivity contribution in [3.8, 4) is 0 Å². The Kier molecular flexibility index (Phi) is 17.3. The molecule has 15 nitrogen and oxygen atoms in total. The Morgan fingerprint density at radius 3 is 1.63 bits per heavy atom. The van der Waals surface area contributed by atoms with Crippen molar-refractivity contribution in [1.82, 2.24) is 16.0 Å². The van der Waals surface area contributed by atoms with Crippen LogP contribution in [0, 0.1) is 5.92 Å². The highest BCUT2D eigenvalue weighted by Gasteiger charge is 2.31. The number of guanidine groups is 2. The van der Waals surface area contributed by atoms with E-state index in [1.165, 1.54) is 11.8 Å². The smallest absolute Gasteiger partial charge is 0.326 e. The van der Waals surface area contributed by atoms with E-state index in [4.69, 9.17) is 28.7 Å². The molecule has 0 heterocycles. The molecule has 16 heteroatoms. The van der Waals surface area contributed by atoms with Gasteiger partial charge in [-0.1, -0.05) is 13.8 Å². The van der Waals surface area contributed by atoms with Gasteiger partial charge in [0.1, 0.15) is 18.1 Å². The summed E-state index contributed by atoms with van der Waals surface area (Å²) in [6, 6.07) is -4.13. The van der Waals surface area contributed by atoms with Gasteiger partial charge in [0.25, 0.3) is 0 Å². The second kappa shape index (κ2) is 18.9. The average Bonchev–Trinajstić information content (AvgIpc) is 2.83. The molecule has 0 spiro atoms. The van der Waals surface area contributed by atoms with Crippen LogP contribution in [0.2, 0.25) is 0 Å². The molecule has 0 saturated heterocycles. The van der Waals surface area contributed by atoms with E-state index in [1.54, 1.807) is 13.8 Å². The molecule has 4 atom stereocenters. The first-order valence-electron chi connectivity index (χ1n) is 12.3. The Bertz CT molecular complexity index is 831. The molecule has 0 radical (unpaired) electrons. The number of thioether (sulfide) groups is 1. The van der Waals surface area contributed by atoms with E-state index in [-0.39, 0.29) is 37.9 Å². The summed E-state index contributed by atoms with van der Waals surface area (Å²) in [4.78, 5) is 58.2. The number of nitrogens with one attached hydrogen (secondary N) is 3. The number of hydrogen-bond donors (Lipinski definition) is 9. The van der Waals surface area contributed by atoms with Crippen molar-refractivity contribution in [3.63, 3.8) is 0 Å². The summed E-state index contributed by atoms with van der Waals surface area (Å²) in [6.07, 6.45) is 3.24. The summed E-state index contributed by atoms with van der Waals surface area (Å²) in [5.74, 6) is -3.02. The number of amides is 3. The maximum absolute atomic E-state index is 13.2. The molecule has 0 aliphatic heterocycles. The van der Waals surface area contributed by atoms with Crippen molar-refractivity contribution in [1.29, 1.82) is 0 Å². The molecule has 218 valence electrons. The SMILES string of the molecule is CSCCC(N)C(=O)NC(CCCN=C(N)N)C(=O)NC(CCCN=C(N)N)C(=O)NC(C(=O)O)C(C)C. The maximum atomic E-state index is 13.2. The van der Waals surface area contributed by atoms with Crippen LogP contribution in [-0.2, 0) is 19.2 Å². The highest BCUT2D eigenvalue weighted by Crippen LogP contribution is 2.07. The minimum absolute atomic E-state index is 0.107. The molecule has 0 saturated carbocycles. The van der Waals surface area contributed by atoms with E-state index in [1.807, 2.05) is 6.26 Å². The maximum Gasteiger partial charge on any atom is 0.326 e. The van der Waals surface area contributed by atoms with Crippen LogP contribution in [0.3, 0.4) is 0 Å². The van der Waals surface area contributed by atoms with Crippen molar-refractivity contribution >= 4 is 47.4 Å². The van der Waals surface area contributed by atoms with Gasteiger partial charge in [-0.25, -0.2) is 4.79 Å². The van der Waals surface area contributed by atoms with Crippen LogP contribution in [0.4, 0.5) is 0 Å². The second-order valence-electron chi connectivity index (χ2n) is 8.98. The van der Waals surface area contributed by atoms with Gasteiger partial charge in [0, 0.05) is 13.1 Å². The molecule has 0 fully saturated rings. The molecular weight excluding hydrogens is 516 g/mol. The third-order valence-electron chi connectivity index (χ3n) is 5.36. The van der Waals surface area contributed by atoms with Crippen molar-refractivity contribution < 1.29 is 24.3 Å². The fourth-order valence-corrected chi connectivity index (χ4v) is 3.73. The normalized spacial score (nSPS) is 13.9. The van der Waals surface area contributed by atoms with E-state index < -0.39 is 53.8 Å². The molecular formula is C22H44N10O5S. The van der Waals surface area contributed by atoms with Crippen LogP contribution in [-0.4, -0.2) is 90.0 Å². The molecule has 0 aromatic rings. The summed E-state index contributed by atoms with van der Waals surface area (Å²) >= 11 is 1.53. The first kappa shape index (κ1) is 34.7. The lowest BCUT2D eigenvalue weighted by Gasteiger charge is -2.26. The largest absolute Gasteiger partial charge is 0.480 e. The van der Waals surface area contributed by atoms with E-state index >= 15 is 0 Å². The Morgan fingerprint density at radius 2 is 1.24 bits per heavy atom. The fraction of sp³-hybridized carbons (Fsp3) is 0.727. The molecule has 0 aliphatic rings. The number of hydrogen-bond acceptors (Lipinski definition) is 8. The Morgan fingerprint density at radius 1 is 0.789 bits per heavy atom. The number of nitrogens with zero attached hydrogens (tertiary/aromatic N) is 2. The quantitative estimate of drug-likeness (QED) is 0.0447. The van der Waals surface area contributed by atoms with Crippen LogP contribution in [0.5, 0.6) is 0 Å². The monoisotopic (exact) mass is 560 g/mol. The Balaban J connectivity index is 5.70. The third-order valence-corrected chi connectivity index (χ3v) is 6.00. The number of nitrogens with two attached hydrogens (primary N) is 5. The zero-order chi connectivity index (χ0) is 29.3. The lowest BCUT2D eigenvalue weighted by Crippen LogP contribution is -2.57. The topological polar surface area (TPSA) is 279 Å². The van der Waals surface area contributed by atoms with Gasteiger partial charge in [0.2, 0.25) is 17.7 Å². The highest BCUT2D eigenvalue weighted by molar-refractivity contribution is 7.98. The van der Waals surface area contributed by atoms with E-state index in [0.717, 1.165) is 0 Å². The number of carboxylic acid groups (broad SMARTS) is 1. The molecule has 0 bridgehead atoms. The minimum atomic E-state index is -1.21. The van der Waals surface area contributed by atoms with Crippen molar-refractivity contribution in [2.24, 2.45) is 44.6 Å². The van der Waals surface area contributed by atoms with Gasteiger partial charge in [-0.2, -0.15) is 11.8 Å². The molecule has 0 aromatic carbocycles. The van der Waals surface area contributed by atoms with E-state index in [2.05, 4.69) is 25.9 Å². The number of carbonyl (C=O) groups excluding carboxylic acids is 3. The molecule has 4 unspecified atom stereocenters. The predicted molar refractivity (Wildman–Crippen MR) is 149 cm³/mol. The van der Waals surface area contributed by atoms with Gasteiger partial charge < -0.3 is 49.7 Å². The average molecular weight is 561 g/mol. The van der Waals surface area contributed by atoms with Gasteiger partial charge in [0.05, 0.1) is 6.04 Å². The van der Waals surface area contributed by atoms with Gasteiger partial charge in [0.15, 0.2) is 11.9 Å². The van der Waals surface area contributed by atoms with Crippen LogP contribution < -0.4 is 44.6 Å². The van der Waals surface area contributed by atoms with Crippen molar-refractivity contribution in [3.05, 3.63) is 0 Å². The molecule has 14 N–H and O–H groups in total. The van der Waals surface area contributed by atoms with Crippen LogP contribution in [0.15, 0.2) is 9.98 Å². The molecule has 0 rings (SSSR count). The first-order valence-corrected chi connectivity index (χ1v) is 13.7. The summed E-state index contributed by atoms with van der Waals surface area (Å²) in [5.41, 5.74) is 27.3. The van der Waals surface area contributed by atoms with Crippen LogP contribution in [0.25, 0.3) is 0 Å². The lowest BCUT2D eigenvalue weighted by atomic mass is 10.0.